The zero-order valence-corrected chi connectivity index (χ0v) is 12.2. The van der Waals surface area contributed by atoms with Crippen molar-refractivity contribution in [3.05, 3.63) is 54.0 Å². The Morgan fingerprint density at radius 2 is 2.00 bits per heavy atom. The molecule has 0 saturated carbocycles. The minimum Gasteiger partial charge on any atom is -0.258 e. The lowest BCUT2D eigenvalue weighted by molar-refractivity contribution is 0.575. The fourth-order valence-electron chi connectivity index (χ4n) is 2.42. The van der Waals surface area contributed by atoms with E-state index in [1.54, 1.807) is 30.1 Å². The Morgan fingerprint density at radius 3 is 2.78 bits per heavy atom. The van der Waals surface area contributed by atoms with Crippen LogP contribution in [0, 0.1) is 12.7 Å². The molecule has 0 saturated heterocycles. The van der Waals surface area contributed by atoms with Crippen molar-refractivity contribution < 1.29 is 4.39 Å². The molecule has 0 bridgehead atoms. The quantitative estimate of drug-likeness (QED) is 0.626. The second kappa shape index (κ2) is 5.24. The van der Waals surface area contributed by atoms with Crippen molar-refractivity contribution in [2.24, 2.45) is 0 Å². The lowest BCUT2D eigenvalue weighted by Crippen LogP contribution is -2.06. The highest BCUT2D eigenvalue weighted by molar-refractivity contribution is 5.89. The molecule has 0 atom stereocenters. The molecule has 7 nitrogen and oxygen atoms in total. The van der Waals surface area contributed by atoms with Gasteiger partial charge in [0.05, 0.1) is 17.6 Å². The first-order chi connectivity index (χ1) is 11.2. The number of nitrogens with one attached hydrogen (secondary N) is 1. The Balaban J connectivity index is 1.86. The molecule has 4 rings (SSSR count). The number of rotatable bonds is 3. The standard InChI is InChI=1S/C15H12FN7/c1-9-19-14(21-20-9)13-10-4-2-7-18-15(10)23(22-13)8-12-11(16)5-3-6-17-12/h2-7H,8H2,1H3,(H,19,20,21). The minimum absolute atomic E-state index is 0.188. The molecule has 0 aliphatic carbocycles. The van der Waals surface area contributed by atoms with Crippen molar-refractivity contribution in [1.82, 2.24) is 34.9 Å². The van der Waals surface area contributed by atoms with Gasteiger partial charge in [0, 0.05) is 12.4 Å². The highest BCUT2D eigenvalue weighted by atomic mass is 19.1. The number of nitrogens with zero attached hydrogens (tertiary/aromatic N) is 6. The van der Waals surface area contributed by atoms with E-state index >= 15 is 0 Å². The molecule has 0 unspecified atom stereocenters. The predicted octanol–water partition coefficient (Wildman–Crippen LogP) is 2.11. The predicted molar refractivity (Wildman–Crippen MR) is 80.9 cm³/mol. The van der Waals surface area contributed by atoms with Gasteiger partial charge in [-0.15, -0.1) is 0 Å². The van der Waals surface area contributed by atoms with Gasteiger partial charge in [-0.2, -0.15) is 10.2 Å². The largest absolute Gasteiger partial charge is 0.258 e. The summed E-state index contributed by atoms with van der Waals surface area (Å²) in [6.07, 6.45) is 3.23. The number of halogens is 1. The lowest BCUT2D eigenvalue weighted by Gasteiger charge is -2.03. The minimum atomic E-state index is -0.371. The molecular weight excluding hydrogens is 297 g/mol. The second-order valence-corrected chi connectivity index (χ2v) is 5.04. The van der Waals surface area contributed by atoms with Gasteiger partial charge in [-0.05, 0) is 31.2 Å². The van der Waals surface area contributed by atoms with Crippen LogP contribution in [0.2, 0.25) is 0 Å². The summed E-state index contributed by atoms with van der Waals surface area (Å²) in [4.78, 5) is 12.7. The Morgan fingerprint density at radius 1 is 1.17 bits per heavy atom. The van der Waals surface area contributed by atoms with Gasteiger partial charge in [0.2, 0.25) is 0 Å². The molecule has 0 spiro atoms. The van der Waals surface area contributed by atoms with Gasteiger partial charge in [-0.1, -0.05) is 0 Å². The molecule has 0 fully saturated rings. The summed E-state index contributed by atoms with van der Waals surface area (Å²) in [5.74, 6) is 0.812. The molecule has 4 aromatic rings. The molecule has 0 aliphatic rings. The average molecular weight is 309 g/mol. The van der Waals surface area contributed by atoms with Gasteiger partial charge in [-0.25, -0.2) is 19.0 Å². The SMILES string of the molecule is Cc1n[nH]c(-c2nn(Cc3ncccc3F)c3ncccc23)n1. The normalized spacial score (nSPS) is 11.2. The monoisotopic (exact) mass is 309 g/mol. The van der Waals surface area contributed by atoms with Crippen LogP contribution in [0.25, 0.3) is 22.6 Å². The highest BCUT2D eigenvalue weighted by Gasteiger charge is 2.17. The third-order valence-electron chi connectivity index (χ3n) is 3.46. The van der Waals surface area contributed by atoms with Crippen molar-refractivity contribution in [1.29, 1.82) is 0 Å². The van der Waals surface area contributed by atoms with Gasteiger partial charge >= 0.3 is 0 Å². The number of fused-ring (bicyclic) bond motifs is 1. The third-order valence-corrected chi connectivity index (χ3v) is 3.46. The van der Waals surface area contributed by atoms with E-state index < -0.39 is 0 Å². The maximum absolute atomic E-state index is 13.9. The van der Waals surface area contributed by atoms with E-state index in [1.165, 1.54) is 6.07 Å². The smallest absolute Gasteiger partial charge is 0.177 e. The molecule has 4 aromatic heterocycles. The van der Waals surface area contributed by atoms with Crippen LogP contribution in [0.4, 0.5) is 4.39 Å². The maximum atomic E-state index is 13.9. The van der Waals surface area contributed by atoms with E-state index in [0.29, 0.717) is 28.7 Å². The van der Waals surface area contributed by atoms with Crippen molar-refractivity contribution in [3.63, 3.8) is 0 Å². The topological polar surface area (TPSA) is 85.2 Å². The third kappa shape index (κ3) is 2.33. The Bertz CT molecular complexity index is 988. The summed E-state index contributed by atoms with van der Waals surface area (Å²) in [5.41, 5.74) is 1.58. The molecule has 0 aliphatic heterocycles. The van der Waals surface area contributed by atoms with Crippen LogP contribution in [-0.4, -0.2) is 34.9 Å². The number of pyridine rings is 2. The summed E-state index contributed by atoms with van der Waals surface area (Å²) in [7, 11) is 0. The molecule has 4 heterocycles. The van der Waals surface area contributed by atoms with E-state index in [4.69, 9.17) is 0 Å². The number of hydrogen-bond acceptors (Lipinski definition) is 5. The average Bonchev–Trinajstić information content (AvgIpc) is 3.14. The Labute approximate surface area is 130 Å². The fourth-order valence-corrected chi connectivity index (χ4v) is 2.42. The molecule has 8 heteroatoms. The van der Waals surface area contributed by atoms with E-state index in [1.807, 2.05) is 12.1 Å². The summed E-state index contributed by atoms with van der Waals surface area (Å²) >= 11 is 0. The van der Waals surface area contributed by atoms with Gasteiger partial charge in [0.15, 0.2) is 11.5 Å². The van der Waals surface area contributed by atoms with Crippen LogP contribution in [-0.2, 0) is 6.54 Å². The van der Waals surface area contributed by atoms with Crippen molar-refractivity contribution in [2.45, 2.75) is 13.5 Å². The number of aryl methyl sites for hydroxylation is 1. The highest BCUT2D eigenvalue weighted by Crippen LogP contribution is 2.24. The van der Waals surface area contributed by atoms with E-state index in [-0.39, 0.29) is 12.4 Å². The summed E-state index contributed by atoms with van der Waals surface area (Å²) in [5, 5.41) is 12.2. The Hall–Kier alpha value is -3.16. The zero-order chi connectivity index (χ0) is 15.8. The Kier molecular flexibility index (Phi) is 3.07. The molecule has 1 N–H and O–H groups in total. The molecule has 0 radical (unpaired) electrons. The number of aromatic amines is 1. The van der Waals surface area contributed by atoms with E-state index in [0.717, 1.165) is 5.39 Å². The first kappa shape index (κ1) is 13.5. The molecule has 114 valence electrons. The van der Waals surface area contributed by atoms with Crippen LogP contribution in [0.15, 0.2) is 36.7 Å². The molecule has 0 amide bonds. The fraction of sp³-hybridized carbons (Fsp3) is 0.133. The summed E-state index contributed by atoms with van der Waals surface area (Å²) < 4.78 is 15.5. The van der Waals surface area contributed by atoms with Crippen molar-refractivity contribution in [3.8, 4) is 11.5 Å². The molecular formula is C15H12FN7. The number of H-pyrrole nitrogens is 1. The van der Waals surface area contributed by atoms with Gasteiger partial charge < -0.3 is 0 Å². The van der Waals surface area contributed by atoms with Crippen LogP contribution >= 0.6 is 0 Å². The van der Waals surface area contributed by atoms with Crippen molar-refractivity contribution >= 4 is 11.0 Å². The van der Waals surface area contributed by atoms with Crippen LogP contribution in [0.5, 0.6) is 0 Å². The van der Waals surface area contributed by atoms with E-state index in [9.17, 15) is 4.39 Å². The van der Waals surface area contributed by atoms with Crippen LogP contribution in [0.1, 0.15) is 11.5 Å². The summed E-state index contributed by atoms with van der Waals surface area (Å²) in [6, 6.07) is 6.65. The molecule has 0 aromatic carbocycles. The van der Waals surface area contributed by atoms with Gasteiger partial charge in [0.25, 0.3) is 0 Å². The first-order valence-electron chi connectivity index (χ1n) is 7.02. The van der Waals surface area contributed by atoms with E-state index in [2.05, 4.69) is 30.2 Å². The number of hydrogen-bond donors (Lipinski definition) is 1. The molecule has 23 heavy (non-hydrogen) atoms. The maximum Gasteiger partial charge on any atom is 0.177 e. The lowest BCUT2D eigenvalue weighted by atomic mass is 10.2. The van der Waals surface area contributed by atoms with Gasteiger partial charge in [-0.3, -0.25) is 10.1 Å². The van der Waals surface area contributed by atoms with Crippen LogP contribution < -0.4 is 0 Å². The van der Waals surface area contributed by atoms with Crippen molar-refractivity contribution in [2.75, 3.05) is 0 Å². The zero-order valence-electron chi connectivity index (χ0n) is 12.2. The first-order valence-corrected chi connectivity index (χ1v) is 7.02. The van der Waals surface area contributed by atoms with Gasteiger partial charge in [0.1, 0.15) is 17.3 Å². The van der Waals surface area contributed by atoms with Crippen LogP contribution in [0.3, 0.4) is 0 Å². The summed E-state index contributed by atoms with van der Waals surface area (Å²) in [6.45, 7) is 1.98. The second-order valence-electron chi connectivity index (χ2n) is 5.04. The number of aromatic nitrogens is 7.